The van der Waals surface area contributed by atoms with Gasteiger partial charge in [0.2, 0.25) is 10.0 Å². The Balaban J connectivity index is 1.84. The molecule has 4 nitrogen and oxygen atoms in total. The lowest BCUT2D eigenvalue weighted by Crippen LogP contribution is -2.35. The van der Waals surface area contributed by atoms with Gasteiger partial charge in [-0.15, -0.1) is 0 Å². The molecule has 1 aliphatic carbocycles. The molecule has 24 heavy (non-hydrogen) atoms. The molecule has 3 unspecified atom stereocenters. The van der Waals surface area contributed by atoms with Crippen LogP contribution in [0, 0.1) is 5.92 Å². The van der Waals surface area contributed by atoms with Crippen molar-refractivity contribution in [1.29, 1.82) is 0 Å². The second kappa shape index (κ2) is 6.87. The third kappa shape index (κ3) is 3.14. The number of sulfonamides is 1. The van der Waals surface area contributed by atoms with Crippen LogP contribution in [0.15, 0.2) is 65.6 Å². The van der Waals surface area contributed by atoms with Crippen LogP contribution in [0.25, 0.3) is 0 Å². The van der Waals surface area contributed by atoms with Crippen molar-refractivity contribution >= 4 is 16.3 Å². The molecule has 0 amide bonds. The fraction of sp³-hybridized carbons (Fsp3) is 0.316. The van der Waals surface area contributed by atoms with Crippen molar-refractivity contribution < 1.29 is 13.2 Å². The maximum atomic E-state index is 12.8. The molecule has 0 aliphatic heterocycles. The first-order chi connectivity index (χ1) is 11.5. The Kier molecular flexibility index (Phi) is 4.83. The zero-order valence-electron chi connectivity index (χ0n) is 13.6. The predicted molar refractivity (Wildman–Crippen MR) is 93.1 cm³/mol. The molecule has 0 saturated heterocycles. The number of hydrogen-bond donors (Lipinski definition) is 0. The summed E-state index contributed by atoms with van der Waals surface area (Å²) in [4.78, 5) is 11.8. The summed E-state index contributed by atoms with van der Waals surface area (Å²) >= 11 is 0. The highest BCUT2D eigenvalue weighted by atomic mass is 32.2. The lowest BCUT2D eigenvalue weighted by atomic mass is 9.90. The first-order valence-electron chi connectivity index (χ1n) is 8.07. The van der Waals surface area contributed by atoms with Gasteiger partial charge in [-0.2, -0.15) is 4.31 Å². The second-order valence-corrected chi connectivity index (χ2v) is 8.27. The number of rotatable bonds is 5. The Morgan fingerprint density at radius 2 is 1.54 bits per heavy atom. The third-order valence-corrected chi connectivity index (χ3v) is 6.85. The van der Waals surface area contributed by atoms with E-state index in [1.54, 1.807) is 37.4 Å². The van der Waals surface area contributed by atoms with Crippen LogP contribution in [0.4, 0.5) is 0 Å². The molecule has 2 aromatic rings. The van der Waals surface area contributed by atoms with Gasteiger partial charge in [-0.3, -0.25) is 0 Å². The van der Waals surface area contributed by atoms with E-state index in [0.29, 0.717) is 17.7 Å². The fourth-order valence-electron chi connectivity index (χ4n) is 3.53. The maximum absolute atomic E-state index is 12.8. The van der Waals surface area contributed by atoms with Crippen LogP contribution in [0.2, 0.25) is 0 Å². The van der Waals surface area contributed by atoms with Gasteiger partial charge >= 0.3 is 0 Å². The van der Waals surface area contributed by atoms with E-state index in [4.69, 9.17) is 0 Å². The Hall–Kier alpha value is -1.98. The molecule has 5 heteroatoms. The molecule has 126 valence electrons. The van der Waals surface area contributed by atoms with E-state index in [0.717, 1.165) is 11.8 Å². The number of benzene rings is 2. The average molecular weight is 343 g/mol. The van der Waals surface area contributed by atoms with Crippen LogP contribution in [0.1, 0.15) is 24.3 Å². The minimum Gasteiger partial charge on any atom is -0.303 e. The molecular weight excluding hydrogens is 322 g/mol. The largest absolute Gasteiger partial charge is 0.303 e. The minimum atomic E-state index is -3.54. The lowest BCUT2D eigenvalue weighted by molar-refractivity contribution is -0.111. The topological polar surface area (TPSA) is 54.5 Å². The second-order valence-electron chi connectivity index (χ2n) is 6.28. The molecule has 3 rings (SSSR count). The van der Waals surface area contributed by atoms with E-state index in [9.17, 15) is 13.2 Å². The molecule has 0 radical (unpaired) electrons. The number of carbonyl (C=O) groups excluding carboxylic acids is 1. The van der Waals surface area contributed by atoms with Gasteiger partial charge in [0.15, 0.2) is 0 Å². The zero-order valence-corrected chi connectivity index (χ0v) is 14.4. The highest BCUT2D eigenvalue weighted by molar-refractivity contribution is 7.89. The van der Waals surface area contributed by atoms with Crippen LogP contribution in [-0.2, 0) is 14.8 Å². The monoisotopic (exact) mass is 343 g/mol. The van der Waals surface area contributed by atoms with E-state index >= 15 is 0 Å². The normalized spacial score (nSPS) is 24.2. The molecule has 0 spiro atoms. The van der Waals surface area contributed by atoms with Crippen LogP contribution in [0.5, 0.6) is 0 Å². The van der Waals surface area contributed by atoms with Gasteiger partial charge in [0.25, 0.3) is 0 Å². The summed E-state index contributed by atoms with van der Waals surface area (Å²) in [5.74, 6) is -0.0760. The summed E-state index contributed by atoms with van der Waals surface area (Å²) in [6.45, 7) is 0. The molecule has 1 aliphatic rings. The van der Waals surface area contributed by atoms with Crippen molar-refractivity contribution in [3.05, 3.63) is 66.2 Å². The molecular formula is C19H21NO3S. The van der Waals surface area contributed by atoms with Crippen molar-refractivity contribution in [2.75, 3.05) is 7.05 Å². The van der Waals surface area contributed by atoms with Crippen LogP contribution >= 0.6 is 0 Å². The zero-order chi connectivity index (χ0) is 17.2. The molecule has 3 atom stereocenters. The predicted octanol–water partition coefficient (Wildman–Crippen LogP) is 3.07. The van der Waals surface area contributed by atoms with Crippen LogP contribution in [-0.4, -0.2) is 32.1 Å². The van der Waals surface area contributed by atoms with E-state index < -0.39 is 10.0 Å². The van der Waals surface area contributed by atoms with E-state index in [2.05, 4.69) is 0 Å². The van der Waals surface area contributed by atoms with E-state index in [1.807, 2.05) is 30.3 Å². The molecule has 0 heterocycles. The van der Waals surface area contributed by atoms with E-state index in [1.165, 1.54) is 4.31 Å². The summed E-state index contributed by atoms with van der Waals surface area (Å²) < 4.78 is 27.0. The van der Waals surface area contributed by atoms with Gasteiger partial charge in [-0.1, -0.05) is 48.5 Å². The molecule has 0 N–H and O–H groups in total. The van der Waals surface area contributed by atoms with Gasteiger partial charge in [-0.25, -0.2) is 8.42 Å². The summed E-state index contributed by atoms with van der Waals surface area (Å²) in [5, 5.41) is 0. The van der Waals surface area contributed by atoms with Gasteiger partial charge in [0.05, 0.1) is 4.90 Å². The molecule has 1 saturated carbocycles. The smallest absolute Gasteiger partial charge is 0.243 e. The Morgan fingerprint density at radius 1 is 0.958 bits per heavy atom. The third-order valence-electron chi connectivity index (χ3n) is 4.92. The molecule has 1 fully saturated rings. The van der Waals surface area contributed by atoms with E-state index in [-0.39, 0.29) is 17.9 Å². The summed E-state index contributed by atoms with van der Waals surface area (Å²) in [5.41, 5.74) is 1.10. The SMILES string of the molecule is CN(C1CC(C=O)C(c2ccccc2)C1)S(=O)(=O)c1ccccc1. The van der Waals surface area contributed by atoms with Gasteiger partial charge < -0.3 is 4.79 Å². The Labute approximate surface area is 143 Å². The average Bonchev–Trinajstić information content (AvgIpc) is 3.06. The quantitative estimate of drug-likeness (QED) is 0.784. The summed E-state index contributed by atoms with van der Waals surface area (Å²) in [6, 6.07) is 18.1. The first-order valence-corrected chi connectivity index (χ1v) is 9.51. The van der Waals surface area contributed by atoms with Crippen molar-refractivity contribution in [2.45, 2.75) is 29.7 Å². The number of aldehydes is 1. The van der Waals surface area contributed by atoms with Crippen molar-refractivity contribution in [2.24, 2.45) is 5.92 Å². The van der Waals surface area contributed by atoms with Crippen molar-refractivity contribution in [3.63, 3.8) is 0 Å². The maximum Gasteiger partial charge on any atom is 0.243 e. The highest BCUT2D eigenvalue weighted by Gasteiger charge is 2.40. The van der Waals surface area contributed by atoms with Crippen molar-refractivity contribution in [1.82, 2.24) is 4.31 Å². The molecule has 2 aromatic carbocycles. The fourth-order valence-corrected chi connectivity index (χ4v) is 4.93. The summed E-state index contributed by atoms with van der Waals surface area (Å²) in [7, 11) is -1.93. The van der Waals surface area contributed by atoms with Gasteiger partial charge in [0.1, 0.15) is 6.29 Å². The van der Waals surface area contributed by atoms with Gasteiger partial charge in [-0.05, 0) is 36.5 Å². The first kappa shape index (κ1) is 16.9. The Morgan fingerprint density at radius 3 is 2.12 bits per heavy atom. The summed E-state index contributed by atoms with van der Waals surface area (Å²) in [6.07, 6.45) is 2.20. The highest BCUT2D eigenvalue weighted by Crippen LogP contribution is 2.41. The van der Waals surface area contributed by atoms with Gasteiger partial charge in [0, 0.05) is 19.0 Å². The standard InChI is InChI=1S/C19H21NO3S/c1-20(24(22,23)18-10-6-3-7-11-18)17-12-16(14-21)19(13-17)15-8-4-2-5-9-15/h2-11,14,16-17,19H,12-13H2,1H3. The van der Waals surface area contributed by atoms with Crippen molar-refractivity contribution in [3.8, 4) is 0 Å². The number of hydrogen-bond acceptors (Lipinski definition) is 3. The Bertz CT molecular complexity index is 790. The number of carbonyl (C=O) groups is 1. The lowest BCUT2D eigenvalue weighted by Gasteiger charge is -2.24. The molecule has 0 bridgehead atoms. The molecule has 0 aromatic heterocycles. The van der Waals surface area contributed by atoms with Crippen LogP contribution in [0.3, 0.4) is 0 Å². The number of nitrogens with zero attached hydrogens (tertiary/aromatic N) is 1. The minimum absolute atomic E-state index is 0.0714. The van der Waals surface area contributed by atoms with Crippen LogP contribution < -0.4 is 0 Å².